The van der Waals surface area contributed by atoms with Crippen LogP contribution in [0.5, 0.6) is 5.75 Å². The van der Waals surface area contributed by atoms with Crippen LogP contribution < -0.4 is 15.8 Å². The number of aromatic nitrogens is 2. The molecule has 0 aliphatic carbocycles. The Hall–Kier alpha value is -2.29. The van der Waals surface area contributed by atoms with E-state index in [-0.39, 0.29) is 12.3 Å². The van der Waals surface area contributed by atoms with Crippen LogP contribution >= 0.6 is 11.3 Å². The first-order valence-corrected chi connectivity index (χ1v) is 6.74. The van der Waals surface area contributed by atoms with E-state index < -0.39 is 23.6 Å². The van der Waals surface area contributed by atoms with Crippen LogP contribution in [0.25, 0.3) is 0 Å². The maximum absolute atomic E-state index is 13.4. The second-order valence-corrected chi connectivity index (χ2v) is 5.18. The van der Waals surface area contributed by atoms with Gasteiger partial charge in [-0.3, -0.25) is 4.79 Å². The molecule has 1 amide bonds. The highest BCUT2D eigenvalue weighted by molar-refractivity contribution is 7.15. The summed E-state index contributed by atoms with van der Waals surface area (Å²) >= 11 is 1.15. The van der Waals surface area contributed by atoms with Crippen molar-refractivity contribution >= 4 is 22.4 Å². The summed E-state index contributed by atoms with van der Waals surface area (Å²) in [6, 6.07) is 2.86. The van der Waals surface area contributed by atoms with Gasteiger partial charge in [-0.2, -0.15) is 0 Å². The molecule has 0 fully saturated rings. The predicted molar refractivity (Wildman–Crippen MR) is 72.6 cm³/mol. The van der Waals surface area contributed by atoms with Crippen molar-refractivity contribution in [3.63, 3.8) is 0 Å². The van der Waals surface area contributed by atoms with Crippen molar-refractivity contribution < 1.29 is 18.3 Å². The Morgan fingerprint density at radius 3 is 2.86 bits per heavy atom. The van der Waals surface area contributed by atoms with Gasteiger partial charge in [-0.05, 0) is 19.1 Å². The average molecular weight is 314 g/mol. The number of carbonyl (C=O) groups is 1. The molecule has 1 aromatic carbocycles. The first-order chi connectivity index (χ1) is 9.95. The number of rotatable bonds is 5. The SMILES string of the molecule is C[C@H](Oc1ccc(F)cc1F)C(=O)NCc1nnc(N)s1. The highest BCUT2D eigenvalue weighted by Gasteiger charge is 2.17. The first kappa shape index (κ1) is 15.1. The van der Waals surface area contributed by atoms with E-state index >= 15 is 0 Å². The van der Waals surface area contributed by atoms with Gasteiger partial charge in [0.15, 0.2) is 17.7 Å². The molecule has 21 heavy (non-hydrogen) atoms. The lowest BCUT2D eigenvalue weighted by Crippen LogP contribution is -2.36. The van der Waals surface area contributed by atoms with Crippen LogP contribution in [0.15, 0.2) is 18.2 Å². The van der Waals surface area contributed by atoms with Crippen LogP contribution in [0.4, 0.5) is 13.9 Å². The lowest BCUT2D eigenvalue weighted by atomic mass is 10.3. The van der Waals surface area contributed by atoms with E-state index in [4.69, 9.17) is 10.5 Å². The van der Waals surface area contributed by atoms with Crippen molar-refractivity contribution in [1.29, 1.82) is 0 Å². The smallest absolute Gasteiger partial charge is 0.261 e. The van der Waals surface area contributed by atoms with Gasteiger partial charge < -0.3 is 15.8 Å². The Morgan fingerprint density at radius 2 is 2.24 bits per heavy atom. The Kier molecular flexibility index (Phi) is 4.63. The summed E-state index contributed by atoms with van der Waals surface area (Å²) in [5.74, 6) is -2.25. The third-order valence-electron chi connectivity index (χ3n) is 2.46. The van der Waals surface area contributed by atoms with Gasteiger partial charge in [0, 0.05) is 6.07 Å². The number of nitrogen functional groups attached to an aromatic ring is 1. The Bertz CT molecular complexity index is 650. The summed E-state index contributed by atoms with van der Waals surface area (Å²) in [5, 5.41) is 10.7. The van der Waals surface area contributed by atoms with E-state index in [0.717, 1.165) is 23.5 Å². The summed E-state index contributed by atoms with van der Waals surface area (Å²) in [7, 11) is 0. The zero-order valence-corrected chi connectivity index (χ0v) is 11.8. The molecule has 0 radical (unpaired) electrons. The second-order valence-electron chi connectivity index (χ2n) is 4.09. The maximum Gasteiger partial charge on any atom is 0.261 e. The predicted octanol–water partition coefficient (Wildman–Crippen LogP) is 1.48. The molecule has 1 heterocycles. The Labute approximate surface area is 122 Å². The molecular weight excluding hydrogens is 302 g/mol. The summed E-state index contributed by atoms with van der Waals surface area (Å²) in [6.45, 7) is 1.60. The lowest BCUT2D eigenvalue weighted by molar-refractivity contribution is -0.127. The van der Waals surface area contributed by atoms with Crippen molar-refractivity contribution in [1.82, 2.24) is 15.5 Å². The lowest BCUT2D eigenvalue weighted by Gasteiger charge is -2.14. The molecule has 0 spiro atoms. The van der Waals surface area contributed by atoms with Gasteiger partial charge in [0.1, 0.15) is 10.8 Å². The number of nitrogens with zero attached hydrogens (tertiary/aromatic N) is 2. The van der Waals surface area contributed by atoms with Gasteiger partial charge in [-0.25, -0.2) is 8.78 Å². The summed E-state index contributed by atoms with van der Waals surface area (Å²) in [4.78, 5) is 11.8. The Balaban J connectivity index is 1.90. The van der Waals surface area contributed by atoms with Crippen LogP contribution in [0.3, 0.4) is 0 Å². The fourth-order valence-electron chi connectivity index (χ4n) is 1.46. The van der Waals surface area contributed by atoms with Crippen molar-refractivity contribution in [3.8, 4) is 5.75 Å². The highest BCUT2D eigenvalue weighted by Crippen LogP contribution is 2.19. The number of ether oxygens (including phenoxy) is 1. The standard InChI is InChI=1S/C12H12F2N4O2S/c1-6(20-9-3-2-7(13)4-8(9)14)11(19)16-5-10-17-18-12(15)21-10/h2-4,6H,5H2,1H3,(H2,15,18)(H,16,19)/t6-/m0/s1. The molecule has 1 aromatic heterocycles. The van der Waals surface area contributed by atoms with Crippen LogP contribution in [0.2, 0.25) is 0 Å². The fraction of sp³-hybridized carbons (Fsp3) is 0.250. The highest BCUT2D eigenvalue weighted by atomic mass is 32.1. The van der Waals surface area contributed by atoms with Crippen molar-refractivity contribution in [2.24, 2.45) is 0 Å². The molecule has 1 atom stereocenters. The minimum Gasteiger partial charge on any atom is -0.478 e. The molecule has 6 nitrogen and oxygen atoms in total. The van der Waals surface area contributed by atoms with Crippen LogP contribution in [0.1, 0.15) is 11.9 Å². The van der Waals surface area contributed by atoms with Gasteiger partial charge in [-0.1, -0.05) is 11.3 Å². The van der Waals surface area contributed by atoms with E-state index in [1.807, 2.05) is 0 Å². The molecule has 0 saturated carbocycles. The molecule has 3 N–H and O–H groups in total. The molecule has 0 bridgehead atoms. The number of nitrogens with one attached hydrogen (secondary N) is 1. The molecule has 0 aliphatic heterocycles. The van der Waals surface area contributed by atoms with Crippen molar-refractivity contribution in [2.45, 2.75) is 19.6 Å². The number of nitrogens with two attached hydrogens (primary N) is 1. The fourth-order valence-corrected chi connectivity index (χ4v) is 2.01. The molecule has 0 unspecified atom stereocenters. The molecule has 0 saturated heterocycles. The molecule has 0 aliphatic rings. The summed E-state index contributed by atoms with van der Waals surface area (Å²) in [6.07, 6.45) is -0.949. The monoisotopic (exact) mass is 314 g/mol. The van der Waals surface area contributed by atoms with Gasteiger partial charge in [0.2, 0.25) is 5.13 Å². The zero-order chi connectivity index (χ0) is 15.4. The Morgan fingerprint density at radius 1 is 1.48 bits per heavy atom. The molecular formula is C12H12F2N4O2S. The molecule has 9 heteroatoms. The van der Waals surface area contributed by atoms with E-state index in [1.54, 1.807) is 0 Å². The minimum absolute atomic E-state index is 0.146. The second kappa shape index (κ2) is 6.44. The normalized spacial score (nSPS) is 12.0. The molecule has 112 valence electrons. The average Bonchev–Trinajstić information content (AvgIpc) is 2.85. The maximum atomic E-state index is 13.4. The number of halogens is 2. The number of hydrogen-bond donors (Lipinski definition) is 2. The topological polar surface area (TPSA) is 90.1 Å². The van der Waals surface area contributed by atoms with Crippen LogP contribution in [0, 0.1) is 11.6 Å². The minimum atomic E-state index is -0.949. The summed E-state index contributed by atoms with van der Waals surface area (Å²) in [5.41, 5.74) is 5.41. The van der Waals surface area contributed by atoms with Crippen LogP contribution in [-0.4, -0.2) is 22.2 Å². The van der Waals surface area contributed by atoms with E-state index in [0.29, 0.717) is 16.2 Å². The van der Waals surface area contributed by atoms with E-state index in [9.17, 15) is 13.6 Å². The zero-order valence-electron chi connectivity index (χ0n) is 11.0. The van der Waals surface area contributed by atoms with Gasteiger partial charge in [0.25, 0.3) is 5.91 Å². The van der Waals surface area contributed by atoms with Gasteiger partial charge >= 0.3 is 0 Å². The third kappa shape index (κ3) is 4.09. The summed E-state index contributed by atoms with van der Waals surface area (Å²) < 4.78 is 31.3. The van der Waals surface area contributed by atoms with Crippen molar-refractivity contribution in [2.75, 3.05) is 5.73 Å². The first-order valence-electron chi connectivity index (χ1n) is 5.93. The molecule has 2 rings (SSSR count). The molecule has 2 aromatic rings. The van der Waals surface area contributed by atoms with Gasteiger partial charge in [0.05, 0.1) is 6.54 Å². The number of anilines is 1. The van der Waals surface area contributed by atoms with Crippen molar-refractivity contribution in [3.05, 3.63) is 34.8 Å². The number of carbonyl (C=O) groups excluding carboxylic acids is 1. The number of hydrogen-bond acceptors (Lipinski definition) is 6. The van der Waals surface area contributed by atoms with E-state index in [2.05, 4.69) is 15.5 Å². The van der Waals surface area contributed by atoms with Crippen LogP contribution in [-0.2, 0) is 11.3 Å². The van der Waals surface area contributed by atoms with E-state index in [1.165, 1.54) is 6.92 Å². The number of benzene rings is 1. The third-order valence-corrected chi connectivity index (χ3v) is 3.22. The van der Waals surface area contributed by atoms with Gasteiger partial charge in [-0.15, -0.1) is 10.2 Å². The number of amides is 1. The quantitative estimate of drug-likeness (QED) is 0.872. The largest absolute Gasteiger partial charge is 0.478 e.